The molecule has 0 atom stereocenters. The molecule has 0 unspecified atom stereocenters. The maximum Gasteiger partial charge on any atom is 0.244 e. The van der Waals surface area contributed by atoms with E-state index >= 15 is 0 Å². The van der Waals surface area contributed by atoms with Gasteiger partial charge in [-0.3, -0.25) is 4.68 Å². The van der Waals surface area contributed by atoms with Crippen LogP contribution in [0.25, 0.3) is 0 Å². The van der Waals surface area contributed by atoms with Crippen LogP contribution < -0.4 is 9.46 Å². The summed E-state index contributed by atoms with van der Waals surface area (Å²) in [6, 6.07) is 3.77. The molecule has 1 aliphatic rings. The zero-order valence-corrected chi connectivity index (χ0v) is 16.5. The van der Waals surface area contributed by atoms with E-state index in [9.17, 15) is 8.42 Å². The van der Waals surface area contributed by atoms with Gasteiger partial charge < -0.3 is 4.74 Å². The molecule has 0 saturated heterocycles. The minimum Gasteiger partial charge on any atom is -0.474 e. The number of ether oxygens (including phenoxy) is 1. The second-order valence-corrected chi connectivity index (χ2v) is 8.66. The Morgan fingerprint density at radius 1 is 1.15 bits per heavy atom. The highest BCUT2D eigenvalue weighted by molar-refractivity contribution is 7.89. The predicted octanol–water partition coefficient (Wildman–Crippen LogP) is 2.41. The third-order valence-corrected chi connectivity index (χ3v) is 6.65. The normalized spacial score (nSPS) is 20.9. The first kappa shape index (κ1) is 18.8. The number of aromatic nitrogens is 3. The van der Waals surface area contributed by atoms with Crippen molar-refractivity contribution in [3.05, 3.63) is 35.3 Å². The van der Waals surface area contributed by atoms with E-state index in [1.165, 1.54) is 0 Å². The molecule has 1 fully saturated rings. The molecular weight excluding hydrogens is 352 g/mol. The molecule has 2 aromatic heterocycles. The van der Waals surface area contributed by atoms with Gasteiger partial charge in [0.25, 0.3) is 0 Å². The van der Waals surface area contributed by atoms with Gasteiger partial charge >= 0.3 is 0 Å². The smallest absolute Gasteiger partial charge is 0.244 e. The number of sulfonamides is 1. The first-order valence-corrected chi connectivity index (χ1v) is 10.4. The molecule has 2 aromatic rings. The van der Waals surface area contributed by atoms with Crippen molar-refractivity contribution in [1.82, 2.24) is 19.5 Å². The van der Waals surface area contributed by atoms with E-state index in [4.69, 9.17) is 4.74 Å². The van der Waals surface area contributed by atoms with Crippen LogP contribution in [0, 0.1) is 20.8 Å². The Labute approximate surface area is 154 Å². The third kappa shape index (κ3) is 4.07. The van der Waals surface area contributed by atoms with E-state index in [1.807, 2.05) is 19.1 Å². The van der Waals surface area contributed by atoms with E-state index in [0.717, 1.165) is 31.2 Å². The van der Waals surface area contributed by atoms with Gasteiger partial charge in [0.2, 0.25) is 15.9 Å². The fourth-order valence-corrected chi connectivity index (χ4v) is 5.16. The molecule has 1 saturated carbocycles. The molecule has 142 valence electrons. The maximum atomic E-state index is 12.8. The van der Waals surface area contributed by atoms with Gasteiger partial charge in [-0.2, -0.15) is 5.10 Å². The Hall–Kier alpha value is -1.93. The summed E-state index contributed by atoms with van der Waals surface area (Å²) < 4.78 is 35.9. The first-order chi connectivity index (χ1) is 12.3. The number of hydrogen-bond acceptors (Lipinski definition) is 5. The van der Waals surface area contributed by atoms with Crippen LogP contribution in [0.1, 0.15) is 42.6 Å². The van der Waals surface area contributed by atoms with Crippen LogP contribution in [0.3, 0.4) is 0 Å². The number of hydrogen-bond donors (Lipinski definition) is 1. The number of pyridine rings is 1. The Bertz CT molecular complexity index is 867. The van der Waals surface area contributed by atoms with Crippen LogP contribution in [0.2, 0.25) is 0 Å². The van der Waals surface area contributed by atoms with Crippen molar-refractivity contribution >= 4 is 10.0 Å². The lowest BCUT2D eigenvalue weighted by Gasteiger charge is -2.29. The Morgan fingerprint density at radius 3 is 2.38 bits per heavy atom. The van der Waals surface area contributed by atoms with Crippen molar-refractivity contribution in [1.29, 1.82) is 0 Å². The van der Waals surface area contributed by atoms with Gasteiger partial charge in [0.15, 0.2) is 0 Å². The van der Waals surface area contributed by atoms with Crippen LogP contribution in [-0.4, -0.2) is 35.3 Å². The monoisotopic (exact) mass is 378 g/mol. The highest BCUT2D eigenvalue weighted by atomic mass is 32.2. The van der Waals surface area contributed by atoms with E-state index < -0.39 is 10.0 Å². The van der Waals surface area contributed by atoms with Crippen LogP contribution >= 0.6 is 0 Å². The average molecular weight is 378 g/mol. The highest BCUT2D eigenvalue weighted by Gasteiger charge is 2.30. The third-order valence-electron chi connectivity index (χ3n) is 4.88. The molecule has 26 heavy (non-hydrogen) atoms. The van der Waals surface area contributed by atoms with E-state index in [0.29, 0.717) is 22.2 Å². The number of nitrogens with zero attached hydrogens (tertiary/aromatic N) is 3. The lowest BCUT2D eigenvalue weighted by atomic mass is 9.94. The molecule has 3 rings (SSSR count). The zero-order chi connectivity index (χ0) is 18.9. The van der Waals surface area contributed by atoms with Crippen LogP contribution in [0.4, 0.5) is 0 Å². The molecule has 0 bridgehead atoms. The summed E-state index contributed by atoms with van der Waals surface area (Å²) in [4.78, 5) is 4.56. The number of nitrogens with one attached hydrogen (secondary N) is 1. The lowest BCUT2D eigenvalue weighted by Crippen LogP contribution is -2.40. The summed E-state index contributed by atoms with van der Waals surface area (Å²) >= 11 is 0. The molecule has 8 heteroatoms. The van der Waals surface area contributed by atoms with Crippen molar-refractivity contribution in [3.8, 4) is 5.88 Å². The first-order valence-electron chi connectivity index (χ1n) is 8.88. The van der Waals surface area contributed by atoms with Crippen molar-refractivity contribution in [2.75, 3.05) is 0 Å². The SMILES string of the molecule is Cc1ccc(OC2CCC(NS(=O)(=O)c3c(C)nn(C)c3C)CC2)nc1. The maximum absolute atomic E-state index is 12.8. The van der Waals surface area contributed by atoms with E-state index in [1.54, 1.807) is 31.8 Å². The number of aryl methyl sites for hydroxylation is 3. The Morgan fingerprint density at radius 2 is 1.85 bits per heavy atom. The van der Waals surface area contributed by atoms with Crippen molar-refractivity contribution in [3.63, 3.8) is 0 Å². The summed E-state index contributed by atoms with van der Waals surface area (Å²) in [5, 5.41) is 4.21. The summed E-state index contributed by atoms with van der Waals surface area (Å²) in [5.41, 5.74) is 2.27. The Balaban J connectivity index is 1.59. The molecule has 1 N–H and O–H groups in total. The molecule has 7 nitrogen and oxygen atoms in total. The zero-order valence-electron chi connectivity index (χ0n) is 15.7. The van der Waals surface area contributed by atoms with Crippen molar-refractivity contribution in [2.45, 2.75) is 63.5 Å². The average Bonchev–Trinajstić information content (AvgIpc) is 2.84. The quantitative estimate of drug-likeness (QED) is 0.863. The van der Waals surface area contributed by atoms with Gasteiger partial charge in [0.05, 0.1) is 11.4 Å². The molecule has 0 spiro atoms. The van der Waals surface area contributed by atoms with Gasteiger partial charge in [-0.05, 0) is 52.0 Å². The van der Waals surface area contributed by atoms with Crippen molar-refractivity contribution in [2.24, 2.45) is 7.05 Å². The molecule has 2 heterocycles. The lowest BCUT2D eigenvalue weighted by molar-refractivity contribution is 0.138. The topological polar surface area (TPSA) is 86.1 Å². The summed E-state index contributed by atoms with van der Waals surface area (Å²) in [5.74, 6) is 0.626. The summed E-state index contributed by atoms with van der Waals surface area (Å²) in [6.07, 6.45) is 4.95. The van der Waals surface area contributed by atoms with Crippen LogP contribution in [0.15, 0.2) is 23.2 Å². The largest absolute Gasteiger partial charge is 0.474 e. The number of rotatable bonds is 5. The molecule has 0 aliphatic heterocycles. The molecule has 0 radical (unpaired) electrons. The van der Waals surface area contributed by atoms with Gasteiger partial charge in [0, 0.05) is 25.4 Å². The molecule has 0 aromatic carbocycles. The van der Waals surface area contributed by atoms with Crippen LogP contribution in [-0.2, 0) is 17.1 Å². The predicted molar refractivity (Wildman–Crippen MR) is 98.6 cm³/mol. The summed E-state index contributed by atoms with van der Waals surface area (Å²) in [6.45, 7) is 5.48. The second-order valence-electron chi connectivity index (χ2n) is 7.01. The van der Waals surface area contributed by atoms with E-state index in [2.05, 4.69) is 14.8 Å². The minimum atomic E-state index is -3.57. The molecule has 0 amide bonds. The minimum absolute atomic E-state index is 0.0767. The van der Waals surface area contributed by atoms with Gasteiger partial charge in [-0.25, -0.2) is 18.1 Å². The Kier molecular flexibility index (Phi) is 5.34. The standard InChI is InChI=1S/C18H26N4O3S/c1-12-5-10-17(19-11-12)25-16-8-6-15(7-9-16)21-26(23,24)18-13(2)20-22(4)14(18)3/h5,10-11,15-16,21H,6-9H2,1-4H3. The van der Waals surface area contributed by atoms with Gasteiger partial charge in [-0.1, -0.05) is 6.07 Å². The molecule has 1 aliphatic carbocycles. The second kappa shape index (κ2) is 7.36. The summed E-state index contributed by atoms with van der Waals surface area (Å²) in [7, 11) is -1.82. The van der Waals surface area contributed by atoms with Crippen LogP contribution in [0.5, 0.6) is 5.88 Å². The van der Waals surface area contributed by atoms with Gasteiger partial charge in [-0.15, -0.1) is 0 Å². The molecular formula is C18H26N4O3S. The van der Waals surface area contributed by atoms with Gasteiger partial charge in [0.1, 0.15) is 11.0 Å². The van der Waals surface area contributed by atoms with Crippen molar-refractivity contribution < 1.29 is 13.2 Å². The highest BCUT2D eigenvalue weighted by Crippen LogP contribution is 2.25. The van der Waals surface area contributed by atoms with E-state index in [-0.39, 0.29) is 12.1 Å². The fraction of sp³-hybridized carbons (Fsp3) is 0.556. The fourth-order valence-electron chi connectivity index (χ4n) is 3.41.